The number of carboxylic acids is 1. The van der Waals surface area contributed by atoms with Crippen molar-refractivity contribution in [2.45, 2.75) is 26.3 Å². The number of nitrogens with zero attached hydrogens (tertiary/aromatic N) is 1. The first-order valence-corrected chi connectivity index (χ1v) is 9.81. The van der Waals surface area contributed by atoms with Crippen LogP contribution in [0.25, 0.3) is 0 Å². The van der Waals surface area contributed by atoms with Crippen LogP contribution in [0.2, 0.25) is 0 Å². The molecular weight excluding hydrogens is 345 g/mol. The van der Waals surface area contributed by atoms with E-state index in [1.54, 1.807) is 43.3 Å². The van der Waals surface area contributed by atoms with Crippen molar-refractivity contribution in [3.63, 3.8) is 0 Å². The number of hydrogen-bond donors (Lipinski definition) is 3. The maximum Gasteiger partial charge on any atom is 0.321 e. The number of allylic oxidation sites excluding steroid dienone is 1. The Bertz CT molecular complexity index is 619. The third kappa shape index (κ3) is 6.63. The molecule has 3 N–H and O–H groups in total. The summed E-state index contributed by atoms with van der Waals surface area (Å²) in [4.78, 5) is 11.4. The Hall–Kier alpha value is -1.66. The Kier molecular flexibility index (Phi) is 8.86. The topological polar surface area (TPSA) is 107 Å². The minimum atomic E-state index is -3.58. The lowest BCUT2D eigenvalue weighted by molar-refractivity contribution is -0.141. The first-order valence-electron chi connectivity index (χ1n) is 8.05. The summed E-state index contributed by atoms with van der Waals surface area (Å²) in [6, 6.07) is 7.45. The number of carboxylic acid groups (broad SMARTS) is 1. The Morgan fingerprint density at radius 1 is 1.32 bits per heavy atom. The number of benzene rings is 1. The van der Waals surface area contributed by atoms with Gasteiger partial charge in [0.05, 0.1) is 19.4 Å². The summed E-state index contributed by atoms with van der Waals surface area (Å²) >= 11 is 0. The van der Waals surface area contributed by atoms with E-state index in [2.05, 4.69) is 0 Å². The summed E-state index contributed by atoms with van der Waals surface area (Å²) in [7, 11) is -3.58. The quantitative estimate of drug-likeness (QED) is 0.405. The molecule has 0 saturated heterocycles. The van der Waals surface area contributed by atoms with Crippen LogP contribution in [0, 0.1) is 0 Å². The zero-order chi connectivity index (χ0) is 18.9. The van der Waals surface area contributed by atoms with E-state index in [0.29, 0.717) is 12.2 Å². The molecule has 0 fully saturated rings. The second-order valence-electron chi connectivity index (χ2n) is 5.66. The van der Waals surface area contributed by atoms with E-state index in [1.807, 2.05) is 0 Å². The summed E-state index contributed by atoms with van der Waals surface area (Å²) in [5, 5.41) is 27.7. The summed E-state index contributed by atoms with van der Waals surface area (Å²) in [6.45, 7) is 2.63. The Balaban J connectivity index is 3.13. The number of aliphatic carboxylic acids is 1. The number of hydrogen-bond acceptors (Lipinski definition) is 5. The van der Waals surface area contributed by atoms with Gasteiger partial charge in [0.2, 0.25) is 0 Å². The minimum absolute atomic E-state index is 0.0663. The molecule has 0 aromatic heterocycles. The van der Waals surface area contributed by atoms with Crippen LogP contribution in [0.15, 0.2) is 42.0 Å². The highest BCUT2D eigenvalue weighted by Crippen LogP contribution is 2.52. The minimum Gasteiger partial charge on any atom is -0.480 e. The van der Waals surface area contributed by atoms with E-state index < -0.39 is 19.5 Å². The van der Waals surface area contributed by atoms with Crippen molar-refractivity contribution < 1.29 is 29.2 Å². The smallest absolute Gasteiger partial charge is 0.321 e. The highest BCUT2D eigenvalue weighted by Gasteiger charge is 2.38. The molecule has 0 spiro atoms. The van der Waals surface area contributed by atoms with Gasteiger partial charge in [0.15, 0.2) is 0 Å². The van der Waals surface area contributed by atoms with Gasteiger partial charge in [0.1, 0.15) is 11.8 Å². The first-order chi connectivity index (χ1) is 11.8. The lowest BCUT2D eigenvalue weighted by atomic mass is 10.3. The van der Waals surface area contributed by atoms with Crippen LogP contribution >= 0.6 is 7.52 Å². The molecule has 0 saturated carbocycles. The standard InChI is InChI=1S/C17H26NO6P/c1-14(13-20)7-6-12-25(23,24-16-8-4-3-5-9-16)18(10-11-19)15(2)17(21)22/h3-5,7-9,15,19-20H,6,10-13H2,1-2H3,(H,21,22)/b14-7+/t15-,25?/m0/s1. The van der Waals surface area contributed by atoms with Gasteiger partial charge in [0.25, 0.3) is 0 Å². The molecule has 25 heavy (non-hydrogen) atoms. The Morgan fingerprint density at radius 3 is 2.48 bits per heavy atom. The van der Waals surface area contributed by atoms with Gasteiger partial charge in [-0.3, -0.25) is 9.36 Å². The molecule has 140 valence electrons. The van der Waals surface area contributed by atoms with Crippen molar-refractivity contribution in [3.05, 3.63) is 42.0 Å². The van der Waals surface area contributed by atoms with E-state index in [-0.39, 0.29) is 25.9 Å². The molecule has 1 aromatic carbocycles. The summed E-state index contributed by atoms with van der Waals surface area (Å²) in [6.07, 6.45) is 2.16. The summed E-state index contributed by atoms with van der Waals surface area (Å²) in [5.41, 5.74) is 0.728. The number of aliphatic hydroxyl groups excluding tert-OH is 2. The van der Waals surface area contributed by atoms with E-state index in [4.69, 9.17) is 9.63 Å². The second-order valence-corrected chi connectivity index (χ2v) is 8.08. The lowest BCUT2D eigenvalue weighted by Crippen LogP contribution is -2.40. The second kappa shape index (κ2) is 10.4. The maximum absolute atomic E-state index is 13.5. The zero-order valence-corrected chi connectivity index (χ0v) is 15.4. The molecule has 1 unspecified atom stereocenters. The van der Waals surface area contributed by atoms with E-state index in [9.17, 15) is 19.6 Å². The van der Waals surface area contributed by atoms with Gasteiger partial charge in [-0.25, -0.2) is 4.67 Å². The predicted octanol–water partition coefficient (Wildman–Crippen LogP) is 2.35. The van der Waals surface area contributed by atoms with Crippen LogP contribution in [0.4, 0.5) is 0 Å². The lowest BCUT2D eigenvalue weighted by Gasteiger charge is -2.33. The highest BCUT2D eigenvalue weighted by molar-refractivity contribution is 7.57. The predicted molar refractivity (Wildman–Crippen MR) is 95.9 cm³/mol. The largest absolute Gasteiger partial charge is 0.480 e. The van der Waals surface area contributed by atoms with Crippen molar-refractivity contribution in [1.29, 1.82) is 0 Å². The van der Waals surface area contributed by atoms with Crippen LogP contribution in [-0.2, 0) is 9.36 Å². The molecule has 1 rings (SSSR count). The summed E-state index contributed by atoms with van der Waals surface area (Å²) < 4.78 is 20.5. The molecule has 0 bridgehead atoms. The van der Waals surface area contributed by atoms with Crippen molar-refractivity contribution in [2.24, 2.45) is 0 Å². The Morgan fingerprint density at radius 2 is 1.96 bits per heavy atom. The fraction of sp³-hybridized carbons (Fsp3) is 0.471. The van der Waals surface area contributed by atoms with Crippen LogP contribution in [0.3, 0.4) is 0 Å². The molecule has 0 aliphatic carbocycles. The number of rotatable bonds is 11. The molecule has 0 aliphatic rings. The third-order valence-corrected chi connectivity index (χ3v) is 6.32. The van der Waals surface area contributed by atoms with Crippen LogP contribution in [0.5, 0.6) is 5.75 Å². The average molecular weight is 371 g/mol. The van der Waals surface area contributed by atoms with E-state index in [0.717, 1.165) is 5.57 Å². The fourth-order valence-corrected chi connectivity index (χ4v) is 4.63. The fourth-order valence-electron chi connectivity index (χ4n) is 2.25. The van der Waals surface area contributed by atoms with Crippen molar-refractivity contribution in [2.75, 3.05) is 25.9 Å². The molecule has 0 aliphatic heterocycles. The molecular formula is C17H26NO6P. The van der Waals surface area contributed by atoms with Crippen molar-refractivity contribution >= 4 is 13.5 Å². The van der Waals surface area contributed by atoms with Gasteiger partial charge in [-0.2, -0.15) is 0 Å². The first kappa shape index (κ1) is 21.4. The number of carbonyl (C=O) groups is 1. The molecule has 7 nitrogen and oxygen atoms in total. The monoisotopic (exact) mass is 371 g/mol. The zero-order valence-electron chi connectivity index (χ0n) is 14.5. The molecule has 0 radical (unpaired) electrons. The van der Waals surface area contributed by atoms with Gasteiger partial charge < -0.3 is 19.8 Å². The Labute approximate surface area is 148 Å². The molecule has 2 atom stereocenters. The van der Waals surface area contributed by atoms with Gasteiger partial charge in [0, 0.05) is 6.54 Å². The number of para-hydroxylation sites is 1. The normalized spacial score (nSPS) is 15.6. The van der Waals surface area contributed by atoms with Gasteiger partial charge in [-0.1, -0.05) is 29.8 Å². The molecule has 0 amide bonds. The average Bonchev–Trinajstić information content (AvgIpc) is 2.59. The third-order valence-electron chi connectivity index (χ3n) is 3.67. The number of aliphatic hydroxyl groups is 2. The van der Waals surface area contributed by atoms with Crippen molar-refractivity contribution in [3.8, 4) is 5.75 Å². The molecule has 8 heteroatoms. The van der Waals surface area contributed by atoms with Crippen molar-refractivity contribution in [1.82, 2.24) is 4.67 Å². The van der Waals surface area contributed by atoms with Crippen LogP contribution in [-0.4, -0.2) is 57.9 Å². The maximum atomic E-state index is 13.5. The SMILES string of the molecule is C/C(=C\CCP(=O)(Oc1ccccc1)N(CCO)[C@@H](C)C(=O)O)CO. The van der Waals surface area contributed by atoms with Gasteiger partial charge in [-0.05, 0) is 32.4 Å². The molecule has 0 heterocycles. The van der Waals surface area contributed by atoms with Crippen LogP contribution < -0.4 is 4.52 Å². The van der Waals surface area contributed by atoms with Gasteiger partial charge in [-0.15, -0.1) is 0 Å². The summed E-state index contributed by atoms with van der Waals surface area (Å²) in [5.74, 6) is -0.776. The van der Waals surface area contributed by atoms with E-state index in [1.165, 1.54) is 11.6 Å². The van der Waals surface area contributed by atoms with Crippen LogP contribution in [0.1, 0.15) is 20.3 Å². The highest BCUT2D eigenvalue weighted by atomic mass is 31.2. The molecule has 1 aromatic rings. The van der Waals surface area contributed by atoms with E-state index >= 15 is 0 Å². The van der Waals surface area contributed by atoms with Gasteiger partial charge >= 0.3 is 13.5 Å².